The molecule has 15 heavy (non-hydrogen) atoms. The van der Waals surface area contributed by atoms with Gasteiger partial charge in [-0.1, -0.05) is 11.6 Å². The molecule has 0 aliphatic rings. The number of rotatable bonds is 4. The van der Waals surface area contributed by atoms with Crippen molar-refractivity contribution in [3.63, 3.8) is 0 Å². The standard InChI is InChI=1S/C12H18ClNO/c1-8-7-11(13)9(2)10(12(8)15)5-3-4-6-14/h7,15H,3-6,14H2,1-2H3. The van der Waals surface area contributed by atoms with Crippen molar-refractivity contribution < 1.29 is 5.11 Å². The van der Waals surface area contributed by atoms with Gasteiger partial charge in [-0.3, -0.25) is 0 Å². The van der Waals surface area contributed by atoms with Crippen molar-refractivity contribution in [1.82, 2.24) is 0 Å². The van der Waals surface area contributed by atoms with Crippen molar-refractivity contribution in [3.05, 3.63) is 27.8 Å². The third-order valence-corrected chi connectivity index (χ3v) is 3.09. The molecule has 0 saturated heterocycles. The van der Waals surface area contributed by atoms with E-state index in [1.54, 1.807) is 6.07 Å². The van der Waals surface area contributed by atoms with Crippen LogP contribution in [0, 0.1) is 13.8 Å². The predicted molar refractivity (Wildman–Crippen MR) is 64.6 cm³/mol. The molecule has 3 N–H and O–H groups in total. The van der Waals surface area contributed by atoms with Gasteiger partial charge in [0.05, 0.1) is 0 Å². The molecule has 0 radical (unpaired) electrons. The normalized spacial score (nSPS) is 10.7. The summed E-state index contributed by atoms with van der Waals surface area (Å²) in [7, 11) is 0. The van der Waals surface area contributed by atoms with E-state index in [9.17, 15) is 5.11 Å². The van der Waals surface area contributed by atoms with Gasteiger partial charge >= 0.3 is 0 Å². The van der Waals surface area contributed by atoms with E-state index < -0.39 is 0 Å². The maximum Gasteiger partial charge on any atom is 0.122 e. The van der Waals surface area contributed by atoms with Crippen LogP contribution in [0.4, 0.5) is 0 Å². The molecule has 0 atom stereocenters. The lowest BCUT2D eigenvalue weighted by atomic mass is 9.99. The van der Waals surface area contributed by atoms with Gasteiger partial charge in [0.25, 0.3) is 0 Å². The molecule has 3 heteroatoms. The summed E-state index contributed by atoms with van der Waals surface area (Å²) in [6, 6.07) is 1.80. The fourth-order valence-electron chi connectivity index (χ4n) is 1.68. The molecule has 0 unspecified atom stereocenters. The van der Waals surface area contributed by atoms with Crippen molar-refractivity contribution in [2.45, 2.75) is 33.1 Å². The zero-order valence-electron chi connectivity index (χ0n) is 9.31. The van der Waals surface area contributed by atoms with Crippen molar-refractivity contribution in [2.75, 3.05) is 6.54 Å². The Balaban J connectivity index is 2.94. The lowest BCUT2D eigenvalue weighted by Crippen LogP contribution is -2.00. The summed E-state index contributed by atoms with van der Waals surface area (Å²) in [5.74, 6) is 0.383. The van der Waals surface area contributed by atoms with Gasteiger partial charge in [-0.2, -0.15) is 0 Å². The number of hydrogen-bond acceptors (Lipinski definition) is 2. The quantitative estimate of drug-likeness (QED) is 0.777. The fraction of sp³-hybridized carbons (Fsp3) is 0.500. The Hall–Kier alpha value is -0.730. The smallest absolute Gasteiger partial charge is 0.122 e. The summed E-state index contributed by atoms with van der Waals surface area (Å²) in [6.45, 7) is 4.51. The monoisotopic (exact) mass is 227 g/mol. The highest BCUT2D eigenvalue weighted by Crippen LogP contribution is 2.32. The maximum absolute atomic E-state index is 9.91. The van der Waals surface area contributed by atoms with Crippen LogP contribution in [0.15, 0.2) is 6.07 Å². The van der Waals surface area contributed by atoms with Gasteiger partial charge in [0.2, 0.25) is 0 Å². The Morgan fingerprint density at radius 3 is 2.60 bits per heavy atom. The Kier molecular flexibility index (Phi) is 4.43. The SMILES string of the molecule is Cc1cc(Cl)c(C)c(CCCCN)c1O. The molecule has 84 valence electrons. The number of benzene rings is 1. The van der Waals surface area contributed by atoms with Gasteiger partial charge in [-0.15, -0.1) is 0 Å². The van der Waals surface area contributed by atoms with Gasteiger partial charge < -0.3 is 10.8 Å². The van der Waals surface area contributed by atoms with E-state index in [0.717, 1.165) is 41.0 Å². The fourth-order valence-corrected chi connectivity index (χ4v) is 1.96. The second-order valence-corrected chi connectivity index (χ2v) is 4.28. The number of aryl methyl sites for hydroxylation is 1. The van der Waals surface area contributed by atoms with Crippen molar-refractivity contribution in [2.24, 2.45) is 5.73 Å². The minimum Gasteiger partial charge on any atom is -0.507 e. The van der Waals surface area contributed by atoms with Crippen molar-refractivity contribution in [3.8, 4) is 5.75 Å². The van der Waals surface area contributed by atoms with Gasteiger partial charge in [0.1, 0.15) is 5.75 Å². The maximum atomic E-state index is 9.91. The van der Waals surface area contributed by atoms with Crippen LogP contribution >= 0.6 is 11.6 Å². The van der Waals surface area contributed by atoms with Crippen LogP contribution in [0.3, 0.4) is 0 Å². The van der Waals surface area contributed by atoms with Gasteiger partial charge in [0, 0.05) is 5.02 Å². The van der Waals surface area contributed by atoms with Crippen molar-refractivity contribution in [1.29, 1.82) is 0 Å². The van der Waals surface area contributed by atoms with E-state index in [2.05, 4.69) is 0 Å². The number of nitrogens with two attached hydrogens (primary N) is 1. The average molecular weight is 228 g/mol. The molecule has 0 amide bonds. The molecule has 2 nitrogen and oxygen atoms in total. The van der Waals surface area contributed by atoms with Crippen LogP contribution in [0.1, 0.15) is 29.5 Å². The molecule has 0 aromatic heterocycles. The molecule has 1 aromatic carbocycles. The summed E-state index contributed by atoms with van der Waals surface area (Å²) >= 11 is 6.07. The third kappa shape index (κ3) is 2.86. The van der Waals surface area contributed by atoms with E-state index in [-0.39, 0.29) is 0 Å². The Morgan fingerprint density at radius 1 is 1.33 bits per heavy atom. The Labute approximate surface area is 96.1 Å². The summed E-state index contributed by atoms with van der Waals surface area (Å²) in [5, 5.41) is 10.6. The number of unbranched alkanes of at least 4 members (excludes halogenated alkanes) is 1. The first-order valence-electron chi connectivity index (χ1n) is 5.25. The summed E-state index contributed by atoms with van der Waals surface area (Å²) in [6.07, 6.45) is 2.81. The molecule has 0 aliphatic carbocycles. The number of phenolic OH excluding ortho intramolecular Hbond substituents is 1. The number of hydrogen-bond donors (Lipinski definition) is 2. The van der Waals surface area contributed by atoms with E-state index in [1.807, 2.05) is 13.8 Å². The van der Waals surface area contributed by atoms with Gasteiger partial charge in [0.15, 0.2) is 0 Å². The largest absolute Gasteiger partial charge is 0.507 e. The average Bonchev–Trinajstić information content (AvgIpc) is 2.20. The number of halogens is 1. The Morgan fingerprint density at radius 2 is 2.00 bits per heavy atom. The molecule has 1 rings (SSSR count). The number of phenols is 1. The highest BCUT2D eigenvalue weighted by molar-refractivity contribution is 6.31. The lowest BCUT2D eigenvalue weighted by molar-refractivity contribution is 0.462. The van der Waals surface area contributed by atoms with E-state index >= 15 is 0 Å². The van der Waals surface area contributed by atoms with Crippen molar-refractivity contribution >= 4 is 11.6 Å². The molecule has 0 saturated carbocycles. The first-order valence-corrected chi connectivity index (χ1v) is 5.63. The molecule has 0 bridgehead atoms. The first kappa shape index (κ1) is 12.3. The third-order valence-electron chi connectivity index (χ3n) is 2.69. The topological polar surface area (TPSA) is 46.2 Å². The summed E-state index contributed by atoms with van der Waals surface area (Å²) < 4.78 is 0. The van der Waals surface area contributed by atoms with E-state index in [1.165, 1.54) is 0 Å². The molecule has 0 heterocycles. The van der Waals surface area contributed by atoms with Crippen LogP contribution in [-0.4, -0.2) is 11.7 Å². The molecule has 0 fully saturated rings. The summed E-state index contributed by atoms with van der Waals surface area (Å²) in [4.78, 5) is 0. The van der Waals surface area contributed by atoms with Crippen LogP contribution in [0.2, 0.25) is 5.02 Å². The number of aromatic hydroxyl groups is 1. The van der Waals surface area contributed by atoms with E-state index in [4.69, 9.17) is 17.3 Å². The zero-order chi connectivity index (χ0) is 11.4. The zero-order valence-corrected chi connectivity index (χ0v) is 10.1. The van der Waals surface area contributed by atoms with E-state index in [0.29, 0.717) is 12.3 Å². The second kappa shape index (κ2) is 5.38. The highest BCUT2D eigenvalue weighted by Gasteiger charge is 2.10. The lowest BCUT2D eigenvalue weighted by Gasteiger charge is -2.12. The summed E-state index contributed by atoms with van der Waals surface area (Å²) in [5.41, 5.74) is 8.23. The minimum atomic E-state index is 0.383. The molecule has 1 aromatic rings. The molecular weight excluding hydrogens is 210 g/mol. The Bertz CT molecular complexity index is 324. The molecular formula is C12H18ClNO. The van der Waals surface area contributed by atoms with Gasteiger partial charge in [-0.25, -0.2) is 0 Å². The van der Waals surface area contributed by atoms with Crippen LogP contribution < -0.4 is 5.73 Å². The first-order chi connectivity index (χ1) is 7.07. The van der Waals surface area contributed by atoms with Gasteiger partial charge in [-0.05, 0) is 62.4 Å². The molecule has 0 spiro atoms. The van der Waals surface area contributed by atoms with Crippen LogP contribution in [-0.2, 0) is 6.42 Å². The van der Waals surface area contributed by atoms with Crippen LogP contribution in [0.5, 0.6) is 5.75 Å². The highest BCUT2D eigenvalue weighted by atomic mass is 35.5. The van der Waals surface area contributed by atoms with Crippen LogP contribution in [0.25, 0.3) is 0 Å². The second-order valence-electron chi connectivity index (χ2n) is 3.87. The predicted octanol–water partition coefficient (Wildman–Crippen LogP) is 2.94. The minimum absolute atomic E-state index is 0.383. The molecule has 0 aliphatic heterocycles.